The fourth-order valence-electron chi connectivity index (χ4n) is 4.02. The Morgan fingerprint density at radius 2 is 1.83 bits per heavy atom. The van der Waals surface area contributed by atoms with Crippen molar-refractivity contribution in [1.29, 1.82) is 0 Å². The molecule has 1 aliphatic rings. The fourth-order valence-corrected chi connectivity index (χ4v) is 4.02. The predicted molar refractivity (Wildman–Crippen MR) is 99.7 cm³/mol. The van der Waals surface area contributed by atoms with Crippen LogP contribution < -0.4 is 5.32 Å². The minimum absolute atomic E-state index is 0.0971. The molecule has 0 amide bonds. The van der Waals surface area contributed by atoms with E-state index < -0.39 is 0 Å². The summed E-state index contributed by atoms with van der Waals surface area (Å²) in [5.41, 5.74) is 4.02. The van der Waals surface area contributed by atoms with E-state index in [1.165, 1.54) is 18.4 Å². The van der Waals surface area contributed by atoms with E-state index in [0.717, 1.165) is 30.0 Å². The quantitative estimate of drug-likeness (QED) is 0.778. The molecule has 2 heteroatoms. The summed E-state index contributed by atoms with van der Waals surface area (Å²) >= 11 is 0. The summed E-state index contributed by atoms with van der Waals surface area (Å²) in [7, 11) is 2.02. The average Bonchev–Trinajstić information content (AvgIpc) is 2.58. The van der Waals surface area contributed by atoms with Crippen LogP contribution in [0.2, 0.25) is 0 Å². The van der Waals surface area contributed by atoms with Crippen molar-refractivity contribution in [2.75, 3.05) is 13.6 Å². The molecule has 1 fully saturated rings. The Kier molecular flexibility index (Phi) is 5.35. The van der Waals surface area contributed by atoms with Gasteiger partial charge in [-0.2, -0.15) is 0 Å². The molecule has 1 nitrogen and oxygen atoms in total. The van der Waals surface area contributed by atoms with Crippen LogP contribution in [0.5, 0.6) is 0 Å². The van der Waals surface area contributed by atoms with Crippen LogP contribution in [0.4, 0.5) is 4.39 Å². The third-order valence-corrected chi connectivity index (χ3v) is 5.66. The Bertz CT molecular complexity index is 677. The first kappa shape index (κ1) is 17.2. The molecule has 3 unspecified atom stereocenters. The Morgan fingerprint density at radius 3 is 2.50 bits per heavy atom. The van der Waals surface area contributed by atoms with Gasteiger partial charge in [0.15, 0.2) is 0 Å². The lowest BCUT2D eigenvalue weighted by Crippen LogP contribution is -2.30. The molecule has 24 heavy (non-hydrogen) atoms. The lowest BCUT2D eigenvalue weighted by atomic mass is 9.72. The second-order valence-electron chi connectivity index (χ2n) is 7.41. The third-order valence-electron chi connectivity index (χ3n) is 5.66. The summed E-state index contributed by atoms with van der Waals surface area (Å²) in [5, 5.41) is 3.31. The van der Waals surface area contributed by atoms with E-state index >= 15 is 0 Å². The van der Waals surface area contributed by atoms with Crippen molar-refractivity contribution in [3.63, 3.8) is 0 Å². The second kappa shape index (κ2) is 7.48. The van der Waals surface area contributed by atoms with E-state index in [9.17, 15) is 4.39 Å². The summed E-state index contributed by atoms with van der Waals surface area (Å²) in [6.07, 6.45) is 3.56. The van der Waals surface area contributed by atoms with Gasteiger partial charge < -0.3 is 5.32 Å². The first-order chi connectivity index (χ1) is 11.6. The molecule has 0 aromatic heterocycles. The van der Waals surface area contributed by atoms with Crippen LogP contribution in [-0.4, -0.2) is 13.6 Å². The highest BCUT2D eigenvalue weighted by molar-refractivity contribution is 5.64. The maximum Gasteiger partial charge on any atom is 0.131 e. The van der Waals surface area contributed by atoms with Gasteiger partial charge in [-0.25, -0.2) is 4.39 Å². The SMILES string of the molecule is CNCC1CC(c2ccc(-c3ccc(C)cc3)c(F)c2)CCC1C. The third kappa shape index (κ3) is 3.70. The molecule has 1 N–H and O–H groups in total. The van der Waals surface area contributed by atoms with Gasteiger partial charge in [-0.1, -0.05) is 48.9 Å². The highest BCUT2D eigenvalue weighted by Gasteiger charge is 2.28. The molecule has 0 heterocycles. The van der Waals surface area contributed by atoms with Crippen LogP contribution in [0.25, 0.3) is 11.1 Å². The zero-order chi connectivity index (χ0) is 17.1. The molecule has 1 aliphatic carbocycles. The molecule has 0 aliphatic heterocycles. The maximum absolute atomic E-state index is 14.7. The number of benzene rings is 2. The smallest absolute Gasteiger partial charge is 0.131 e. The zero-order valence-electron chi connectivity index (χ0n) is 15.0. The highest BCUT2D eigenvalue weighted by Crippen LogP contribution is 2.40. The minimum atomic E-state index is -0.0971. The molecule has 0 radical (unpaired) electrons. The van der Waals surface area contributed by atoms with Gasteiger partial charge in [-0.3, -0.25) is 0 Å². The van der Waals surface area contributed by atoms with Crippen molar-refractivity contribution in [1.82, 2.24) is 5.32 Å². The van der Waals surface area contributed by atoms with Crippen LogP contribution in [0.15, 0.2) is 42.5 Å². The molecule has 3 rings (SSSR count). The van der Waals surface area contributed by atoms with Gasteiger partial charge in [-0.05, 0) is 74.7 Å². The molecule has 2 aromatic rings. The molecular formula is C22H28FN. The fraction of sp³-hybridized carbons (Fsp3) is 0.455. The van der Waals surface area contributed by atoms with Gasteiger partial charge in [0.1, 0.15) is 5.82 Å². The van der Waals surface area contributed by atoms with Crippen molar-refractivity contribution < 1.29 is 4.39 Å². The van der Waals surface area contributed by atoms with E-state index in [2.05, 4.69) is 25.2 Å². The Balaban J connectivity index is 1.80. The van der Waals surface area contributed by atoms with Gasteiger partial charge in [0.25, 0.3) is 0 Å². The van der Waals surface area contributed by atoms with Gasteiger partial charge in [0.05, 0.1) is 0 Å². The lowest BCUT2D eigenvalue weighted by Gasteiger charge is -2.34. The van der Waals surface area contributed by atoms with E-state index in [4.69, 9.17) is 0 Å². The minimum Gasteiger partial charge on any atom is -0.319 e. The largest absolute Gasteiger partial charge is 0.319 e. The number of hydrogen-bond donors (Lipinski definition) is 1. The van der Waals surface area contributed by atoms with Crippen molar-refractivity contribution in [2.24, 2.45) is 11.8 Å². The Morgan fingerprint density at radius 1 is 1.08 bits per heavy atom. The number of aryl methyl sites for hydroxylation is 1. The topological polar surface area (TPSA) is 12.0 Å². The van der Waals surface area contributed by atoms with Crippen LogP contribution in [0.3, 0.4) is 0 Å². The number of halogens is 1. The monoisotopic (exact) mass is 325 g/mol. The van der Waals surface area contributed by atoms with Crippen molar-refractivity contribution >= 4 is 0 Å². The summed E-state index contributed by atoms with van der Waals surface area (Å²) in [4.78, 5) is 0. The number of hydrogen-bond acceptors (Lipinski definition) is 1. The Hall–Kier alpha value is -1.67. The summed E-state index contributed by atoms with van der Waals surface area (Å²) in [5.74, 6) is 1.83. The number of nitrogens with one attached hydrogen (secondary N) is 1. The van der Waals surface area contributed by atoms with Gasteiger partial charge in [0, 0.05) is 5.56 Å². The normalized spacial score (nSPS) is 24.1. The standard InChI is InChI=1S/C22H28FN/c1-15-4-7-17(8-5-15)21-11-10-19(13-22(21)23)18-9-6-16(2)20(12-18)14-24-3/h4-5,7-8,10-11,13,16,18,20,24H,6,9,12,14H2,1-3H3. The lowest BCUT2D eigenvalue weighted by molar-refractivity contribution is 0.228. The van der Waals surface area contributed by atoms with E-state index in [-0.39, 0.29) is 5.82 Å². The molecular weight excluding hydrogens is 297 g/mol. The first-order valence-electron chi connectivity index (χ1n) is 9.09. The maximum atomic E-state index is 14.7. The molecule has 128 valence electrons. The van der Waals surface area contributed by atoms with Crippen molar-refractivity contribution in [3.8, 4) is 11.1 Å². The predicted octanol–water partition coefficient (Wildman–Crippen LogP) is 5.54. The molecule has 0 saturated heterocycles. The van der Waals surface area contributed by atoms with E-state index in [1.54, 1.807) is 6.07 Å². The first-order valence-corrected chi connectivity index (χ1v) is 9.09. The van der Waals surface area contributed by atoms with E-state index in [1.807, 2.05) is 37.4 Å². The van der Waals surface area contributed by atoms with Crippen molar-refractivity contribution in [2.45, 2.75) is 39.0 Å². The van der Waals surface area contributed by atoms with Gasteiger partial charge in [0.2, 0.25) is 0 Å². The summed E-state index contributed by atoms with van der Waals surface area (Å²) in [6.45, 7) is 5.45. The molecule has 0 bridgehead atoms. The molecule has 3 atom stereocenters. The van der Waals surface area contributed by atoms with Crippen LogP contribution >= 0.6 is 0 Å². The van der Waals surface area contributed by atoms with Crippen LogP contribution in [-0.2, 0) is 0 Å². The Labute approximate surface area is 145 Å². The average molecular weight is 325 g/mol. The molecule has 2 aromatic carbocycles. The van der Waals surface area contributed by atoms with Crippen LogP contribution in [0.1, 0.15) is 43.2 Å². The van der Waals surface area contributed by atoms with Gasteiger partial charge in [-0.15, -0.1) is 0 Å². The second-order valence-corrected chi connectivity index (χ2v) is 7.41. The zero-order valence-corrected chi connectivity index (χ0v) is 15.0. The summed E-state index contributed by atoms with van der Waals surface area (Å²) in [6, 6.07) is 13.9. The number of rotatable bonds is 4. The molecule has 0 spiro atoms. The van der Waals surface area contributed by atoms with Crippen molar-refractivity contribution in [3.05, 3.63) is 59.4 Å². The van der Waals surface area contributed by atoms with Crippen LogP contribution in [0, 0.1) is 24.6 Å². The van der Waals surface area contributed by atoms with E-state index in [0.29, 0.717) is 17.4 Å². The summed E-state index contributed by atoms with van der Waals surface area (Å²) < 4.78 is 14.7. The van der Waals surface area contributed by atoms with Gasteiger partial charge >= 0.3 is 0 Å². The highest BCUT2D eigenvalue weighted by atomic mass is 19.1. The molecule has 1 saturated carbocycles.